The number of piperidine rings is 6. The number of likely N-dealkylation sites (N-methyl/N-ethyl adjacent to an activating group) is 1. The molecule has 0 bridgehead atoms. The van der Waals surface area contributed by atoms with Crippen molar-refractivity contribution in [3.05, 3.63) is 0 Å². The van der Waals surface area contributed by atoms with Crippen molar-refractivity contribution in [3.8, 4) is 0 Å². The van der Waals surface area contributed by atoms with Gasteiger partial charge in [-0.15, -0.1) is 0 Å². The van der Waals surface area contributed by atoms with Gasteiger partial charge in [-0.2, -0.15) is 0 Å². The maximum atomic E-state index is 2.59. The lowest BCUT2D eigenvalue weighted by Gasteiger charge is -2.38. The van der Waals surface area contributed by atoms with Gasteiger partial charge in [0.15, 0.2) is 0 Å². The number of nitrogens with zero attached hydrogens (tertiary/aromatic N) is 10. The average molecular weight is 1260 g/mol. The molecule has 0 atom stereocenters. The second-order valence-corrected chi connectivity index (χ2v) is 34.2. The van der Waals surface area contributed by atoms with Crippen LogP contribution in [0.25, 0.3) is 0 Å². The van der Waals surface area contributed by atoms with E-state index < -0.39 is 0 Å². The lowest BCUT2D eigenvalue weighted by atomic mass is 10.0. The molecule has 9 rings (SSSR count). The maximum absolute atomic E-state index is 2.59. The van der Waals surface area contributed by atoms with E-state index in [4.69, 9.17) is 0 Å². The predicted octanol–water partition coefficient (Wildman–Crippen LogP) is 18.0. The van der Waals surface area contributed by atoms with Crippen LogP contribution >= 0.6 is 0 Å². The first kappa shape index (κ1) is 88.6. The van der Waals surface area contributed by atoms with Crippen LogP contribution in [0.15, 0.2) is 0 Å². The first-order chi connectivity index (χ1) is 41.5. The third kappa shape index (κ3) is 49.7. The molecule has 9 heterocycles. The van der Waals surface area contributed by atoms with Crippen LogP contribution in [0, 0.1) is 29.6 Å². The Bertz CT molecular complexity index is 1400. The second kappa shape index (κ2) is 51.8. The van der Waals surface area contributed by atoms with Crippen LogP contribution in [-0.4, -0.2) is 242 Å². The average Bonchev–Trinajstić information content (AvgIpc) is 4.46. The standard InChI is InChI=1S/C9H20N2.5C9H19N.3C8H17N.CH4/c1-9(2)8-11-6-4-10(3)5-7-11;2*1-9(2,3)10-7-5-4-6-8-10;3*1-9(2)8-10-6-4-3-5-7-10;1-8(2,3)9-6-4-5-7-9;1-8(2)7-9-5-3-4-6-9;1-8(2)9-6-4-3-5-7-9;/h9H,4-8H2,1-3H3;2*4-8H2,1-3H3;3*9H,3-8H2,1-2H3;4-7H2,1-3H3;2*8H,3-7H2,1-2H3;1H4. The van der Waals surface area contributed by atoms with Gasteiger partial charge in [-0.25, -0.2) is 0 Å². The van der Waals surface area contributed by atoms with Gasteiger partial charge in [-0.05, 0) is 320 Å². The number of piperazine rings is 1. The van der Waals surface area contributed by atoms with Gasteiger partial charge in [0.2, 0.25) is 0 Å². The monoisotopic (exact) mass is 1260 g/mol. The molecule has 0 aromatic carbocycles. The van der Waals surface area contributed by atoms with E-state index in [0.29, 0.717) is 16.6 Å². The summed E-state index contributed by atoms with van der Waals surface area (Å²) in [6.07, 6.45) is 31.3. The van der Waals surface area contributed by atoms with Crippen molar-refractivity contribution >= 4 is 0 Å². The molecule has 0 radical (unpaired) electrons. The number of hydrogen-bond donors (Lipinski definition) is 0. The zero-order chi connectivity index (χ0) is 66.0. The van der Waals surface area contributed by atoms with E-state index in [9.17, 15) is 0 Å². The summed E-state index contributed by atoms with van der Waals surface area (Å²) < 4.78 is 0. The highest BCUT2D eigenvalue weighted by Crippen LogP contribution is 2.22. The molecule has 536 valence electrons. The van der Waals surface area contributed by atoms with Gasteiger partial charge in [-0.1, -0.05) is 115 Å². The molecule has 0 aliphatic carbocycles. The van der Waals surface area contributed by atoms with Crippen molar-refractivity contribution < 1.29 is 0 Å². The highest BCUT2D eigenvalue weighted by molar-refractivity contribution is 4.81. The van der Waals surface area contributed by atoms with Crippen LogP contribution in [0.5, 0.6) is 0 Å². The Morgan fingerprint density at radius 1 is 0.225 bits per heavy atom. The summed E-state index contributed by atoms with van der Waals surface area (Å²) in [5, 5.41) is 0. The summed E-state index contributed by atoms with van der Waals surface area (Å²) in [5.41, 5.74) is 1.22. The van der Waals surface area contributed by atoms with Gasteiger partial charge in [0.25, 0.3) is 0 Å². The fourth-order valence-corrected chi connectivity index (χ4v) is 14.0. The zero-order valence-corrected chi connectivity index (χ0v) is 64.7. The van der Waals surface area contributed by atoms with E-state index in [1.807, 2.05) is 0 Å². The highest BCUT2D eigenvalue weighted by atomic mass is 15.2. The largest absolute Gasteiger partial charge is 0.304 e. The van der Waals surface area contributed by atoms with Gasteiger partial charge in [-0.3, -0.25) is 14.7 Å². The first-order valence-corrected chi connectivity index (χ1v) is 38.8. The molecule has 9 fully saturated rings. The third-order valence-electron chi connectivity index (χ3n) is 19.0. The fraction of sp³-hybridized carbons (Fsp3) is 1.00. The predicted molar refractivity (Wildman–Crippen MR) is 403 cm³/mol. The minimum atomic E-state index is 0. The summed E-state index contributed by atoms with van der Waals surface area (Å²) in [6, 6.07) is 0.769. The van der Waals surface area contributed by atoms with E-state index in [1.165, 1.54) is 305 Å². The second-order valence-electron chi connectivity index (χ2n) is 34.2. The van der Waals surface area contributed by atoms with Crippen molar-refractivity contribution in [2.24, 2.45) is 29.6 Å². The lowest BCUT2D eigenvalue weighted by molar-refractivity contribution is 0.110. The minimum Gasteiger partial charge on any atom is -0.304 e. The number of hydrogen-bond acceptors (Lipinski definition) is 10. The molecular weight excluding hydrogens is 1090 g/mol. The van der Waals surface area contributed by atoms with E-state index in [-0.39, 0.29) is 7.43 Å². The van der Waals surface area contributed by atoms with Crippen LogP contribution < -0.4 is 0 Å². The van der Waals surface area contributed by atoms with Gasteiger partial charge in [0.05, 0.1) is 0 Å². The normalized spacial score (nSPS) is 22.2. The first-order valence-electron chi connectivity index (χ1n) is 38.8. The molecule has 0 aromatic rings. The van der Waals surface area contributed by atoms with Crippen molar-refractivity contribution in [1.82, 2.24) is 49.0 Å². The Balaban J connectivity index is 0.000000978. The Morgan fingerprint density at radius 2 is 0.393 bits per heavy atom. The molecule has 10 heteroatoms. The van der Waals surface area contributed by atoms with Crippen LogP contribution in [0.3, 0.4) is 0 Å². The molecule has 0 amide bonds. The van der Waals surface area contributed by atoms with E-state index >= 15 is 0 Å². The summed E-state index contributed by atoms with van der Waals surface area (Å²) in [6.45, 7) is 81.0. The van der Waals surface area contributed by atoms with Crippen LogP contribution in [0.4, 0.5) is 0 Å². The quantitative estimate of drug-likeness (QED) is 0.199. The molecule has 9 aliphatic heterocycles. The summed E-state index contributed by atoms with van der Waals surface area (Å²) in [7, 11) is 2.20. The molecule has 9 saturated heterocycles. The zero-order valence-electron chi connectivity index (χ0n) is 64.7. The minimum absolute atomic E-state index is 0. The third-order valence-corrected chi connectivity index (χ3v) is 19.0. The lowest BCUT2D eigenvalue weighted by Crippen LogP contribution is -2.45. The molecule has 0 spiro atoms. The Morgan fingerprint density at radius 3 is 0.562 bits per heavy atom. The number of rotatable bonds is 11. The molecule has 0 saturated carbocycles. The van der Waals surface area contributed by atoms with Crippen LogP contribution in [0.1, 0.15) is 294 Å². The SMILES string of the molecule is C.CC(C)(C)N1CCCC1.CC(C)(C)N1CCCCC1.CC(C)(C)N1CCCCC1.CC(C)CN1CCCC1.CC(C)CN1CCCCC1.CC(C)CN1CCCCC1.CC(C)CN1CCCCC1.CC(C)CN1CCN(C)CC1.CC(C)N1CCCCC1. The molecule has 9 aliphatic rings. The summed E-state index contributed by atoms with van der Waals surface area (Å²) in [4.78, 5) is 25.6. The van der Waals surface area contributed by atoms with E-state index in [1.54, 1.807) is 0 Å². The highest BCUT2D eigenvalue weighted by Gasteiger charge is 2.25. The van der Waals surface area contributed by atoms with Crippen LogP contribution in [-0.2, 0) is 0 Å². The van der Waals surface area contributed by atoms with Crippen molar-refractivity contribution in [2.75, 3.05) is 171 Å². The van der Waals surface area contributed by atoms with Gasteiger partial charge >= 0.3 is 0 Å². The smallest absolute Gasteiger partial charge is 0.0125 e. The van der Waals surface area contributed by atoms with E-state index in [2.05, 4.69) is 201 Å². The molecule has 89 heavy (non-hydrogen) atoms. The Hall–Kier alpha value is -0.400. The topological polar surface area (TPSA) is 32.4 Å². The number of likely N-dealkylation sites (tertiary alicyclic amines) is 8. The van der Waals surface area contributed by atoms with Crippen LogP contribution in [0.2, 0.25) is 0 Å². The molecule has 0 unspecified atom stereocenters. The van der Waals surface area contributed by atoms with Crippen molar-refractivity contribution in [3.63, 3.8) is 0 Å². The summed E-state index contributed by atoms with van der Waals surface area (Å²) in [5.74, 6) is 4.20. The van der Waals surface area contributed by atoms with Gasteiger partial charge in [0, 0.05) is 81.6 Å². The van der Waals surface area contributed by atoms with E-state index in [0.717, 1.165) is 35.6 Å². The fourth-order valence-electron chi connectivity index (χ4n) is 14.0. The maximum Gasteiger partial charge on any atom is 0.0125 e. The van der Waals surface area contributed by atoms with Crippen molar-refractivity contribution in [2.45, 2.75) is 317 Å². The Kier molecular flexibility index (Phi) is 51.6. The Labute approximate surface area is 563 Å². The van der Waals surface area contributed by atoms with Crippen molar-refractivity contribution in [1.29, 1.82) is 0 Å². The molecule has 0 aromatic heterocycles. The molecular formula is C79H170N10. The molecule has 0 N–H and O–H groups in total. The van der Waals surface area contributed by atoms with Gasteiger partial charge < -0.3 is 34.3 Å². The summed E-state index contributed by atoms with van der Waals surface area (Å²) >= 11 is 0. The van der Waals surface area contributed by atoms with Gasteiger partial charge in [0.1, 0.15) is 0 Å². The molecule has 10 nitrogen and oxygen atoms in total.